The van der Waals surface area contributed by atoms with Crippen LogP contribution in [0.3, 0.4) is 0 Å². The van der Waals surface area contributed by atoms with E-state index < -0.39 is 5.97 Å². The van der Waals surface area contributed by atoms with Gasteiger partial charge in [0.15, 0.2) is 5.65 Å². The van der Waals surface area contributed by atoms with Crippen LogP contribution in [0, 0.1) is 11.8 Å². The fourth-order valence-corrected chi connectivity index (χ4v) is 5.42. The van der Waals surface area contributed by atoms with Crippen molar-refractivity contribution < 1.29 is 9.90 Å². The summed E-state index contributed by atoms with van der Waals surface area (Å²) in [4.78, 5) is 31.1. The second-order valence-corrected chi connectivity index (χ2v) is 8.81. The molecule has 0 saturated carbocycles. The number of aromatic carboxylic acids is 1. The number of carboxylic acids is 1. The molecule has 5 heterocycles. The lowest BCUT2D eigenvalue weighted by atomic mass is 10.0. The number of carboxylic acid groups (broad SMARTS) is 1. The van der Waals surface area contributed by atoms with Crippen LogP contribution >= 0.6 is 11.3 Å². The number of nitrogens with zero attached hydrogens (tertiary/aromatic N) is 4. The van der Waals surface area contributed by atoms with Crippen molar-refractivity contribution in [3.63, 3.8) is 0 Å². The van der Waals surface area contributed by atoms with Crippen LogP contribution in [0.4, 0.5) is 5.95 Å². The second kappa shape index (κ2) is 6.23. The third-order valence-corrected chi connectivity index (χ3v) is 7.04. The molecule has 0 spiro atoms. The zero-order chi connectivity index (χ0) is 19.5. The SMILES string of the molecule is O=C(O)c1cc2ccc(-c3nc(N4CC5CNCC5C4)nc4nc[nH]c34)cc2s1. The number of hydrogen-bond acceptors (Lipinski definition) is 7. The second-order valence-electron chi connectivity index (χ2n) is 7.73. The summed E-state index contributed by atoms with van der Waals surface area (Å²) in [6.07, 6.45) is 1.64. The Balaban J connectivity index is 1.46. The van der Waals surface area contributed by atoms with Gasteiger partial charge in [0.2, 0.25) is 5.95 Å². The minimum atomic E-state index is -0.901. The zero-order valence-corrected chi connectivity index (χ0v) is 16.2. The van der Waals surface area contributed by atoms with Gasteiger partial charge in [0.1, 0.15) is 16.1 Å². The van der Waals surface area contributed by atoms with Crippen LogP contribution in [0.1, 0.15) is 9.67 Å². The van der Waals surface area contributed by atoms with Crippen molar-refractivity contribution in [1.29, 1.82) is 0 Å². The molecular weight excluding hydrogens is 388 g/mol. The van der Waals surface area contributed by atoms with Gasteiger partial charge in [-0.2, -0.15) is 4.98 Å². The Kier molecular flexibility index (Phi) is 3.62. The largest absolute Gasteiger partial charge is 0.477 e. The number of rotatable bonds is 3. The highest BCUT2D eigenvalue weighted by molar-refractivity contribution is 7.20. The molecule has 9 heteroatoms. The molecule has 1 aromatic carbocycles. The number of nitrogens with one attached hydrogen (secondary N) is 2. The normalized spacial score (nSPS) is 21.3. The van der Waals surface area contributed by atoms with E-state index in [4.69, 9.17) is 9.97 Å². The average Bonchev–Trinajstić information content (AvgIpc) is 3.48. The topological polar surface area (TPSA) is 107 Å². The number of aromatic nitrogens is 4. The van der Waals surface area contributed by atoms with Crippen molar-refractivity contribution in [2.45, 2.75) is 0 Å². The van der Waals surface area contributed by atoms with E-state index >= 15 is 0 Å². The first-order valence-electron chi connectivity index (χ1n) is 9.60. The van der Waals surface area contributed by atoms with Gasteiger partial charge in [-0.15, -0.1) is 11.3 Å². The first-order valence-corrected chi connectivity index (χ1v) is 10.4. The number of thiophene rings is 1. The van der Waals surface area contributed by atoms with Gasteiger partial charge < -0.3 is 20.3 Å². The number of hydrogen-bond donors (Lipinski definition) is 3. The van der Waals surface area contributed by atoms with Gasteiger partial charge in [0.25, 0.3) is 0 Å². The highest BCUT2D eigenvalue weighted by atomic mass is 32.1. The van der Waals surface area contributed by atoms with E-state index in [2.05, 4.69) is 20.2 Å². The van der Waals surface area contributed by atoms with Crippen LogP contribution in [-0.2, 0) is 0 Å². The van der Waals surface area contributed by atoms with Crippen molar-refractivity contribution >= 4 is 44.5 Å². The van der Waals surface area contributed by atoms with Crippen molar-refractivity contribution in [2.75, 3.05) is 31.1 Å². The molecule has 3 N–H and O–H groups in total. The van der Waals surface area contributed by atoms with Crippen LogP contribution in [0.15, 0.2) is 30.6 Å². The number of aromatic amines is 1. The Morgan fingerprint density at radius 2 is 2.00 bits per heavy atom. The summed E-state index contributed by atoms with van der Waals surface area (Å²) in [6, 6.07) is 7.64. The summed E-state index contributed by atoms with van der Waals surface area (Å²) < 4.78 is 0.925. The maximum absolute atomic E-state index is 11.3. The zero-order valence-electron chi connectivity index (χ0n) is 15.4. The highest BCUT2D eigenvalue weighted by Gasteiger charge is 2.37. The standard InChI is InChI=1S/C20H18N6O2S/c27-19(28)15-3-10-1-2-11(4-14(10)29-15)16-17-18(23-9-22-17)25-20(24-16)26-7-12-5-21-6-13(12)8-26/h1-4,9,12-13,21H,5-8H2,(H,27,28)(H,22,23,24,25). The number of anilines is 1. The van der Waals surface area contributed by atoms with Crippen LogP contribution < -0.4 is 10.2 Å². The van der Waals surface area contributed by atoms with Gasteiger partial charge in [-0.25, -0.2) is 14.8 Å². The van der Waals surface area contributed by atoms with E-state index in [0.29, 0.717) is 28.3 Å². The lowest BCUT2D eigenvalue weighted by Gasteiger charge is -2.18. The molecule has 4 aromatic rings. The lowest BCUT2D eigenvalue weighted by molar-refractivity contribution is 0.0702. The Labute approximate surface area is 169 Å². The van der Waals surface area contributed by atoms with Crippen LogP contribution in [-0.4, -0.2) is 57.2 Å². The molecule has 0 radical (unpaired) electrons. The molecule has 29 heavy (non-hydrogen) atoms. The maximum Gasteiger partial charge on any atom is 0.345 e. The molecule has 0 amide bonds. The fourth-order valence-electron chi connectivity index (χ4n) is 4.47. The van der Waals surface area contributed by atoms with Gasteiger partial charge in [-0.1, -0.05) is 12.1 Å². The Morgan fingerprint density at radius 3 is 2.79 bits per heavy atom. The number of benzene rings is 1. The molecule has 2 aliphatic heterocycles. The van der Waals surface area contributed by atoms with E-state index in [0.717, 1.165) is 53.0 Å². The van der Waals surface area contributed by atoms with Gasteiger partial charge in [-0.3, -0.25) is 0 Å². The smallest absolute Gasteiger partial charge is 0.345 e. The summed E-state index contributed by atoms with van der Waals surface area (Å²) in [7, 11) is 0. The monoisotopic (exact) mass is 406 g/mol. The van der Waals surface area contributed by atoms with Crippen molar-refractivity contribution in [2.24, 2.45) is 11.8 Å². The van der Waals surface area contributed by atoms with Gasteiger partial charge in [-0.05, 0) is 29.4 Å². The van der Waals surface area contributed by atoms with Gasteiger partial charge in [0, 0.05) is 36.4 Å². The molecule has 2 aliphatic rings. The number of carbonyl (C=O) groups is 1. The van der Waals surface area contributed by atoms with Crippen LogP contribution in [0.25, 0.3) is 32.5 Å². The Morgan fingerprint density at radius 1 is 1.17 bits per heavy atom. The molecular formula is C20H18N6O2S. The Bertz CT molecular complexity index is 1250. The molecule has 8 nitrogen and oxygen atoms in total. The van der Waals surface area contributed by atoms with E-state index in [1.54, 1.807) is 12.4 Å². The number of H-pyrrole nitrogens is 1. The number of imidazole rings is 1. The van der Waals surface area contributed by atoms with Crippen molar-refractivity contribution in [3.05, 3.63) is 35.5 Å². The summed E-state index contributed by atoms with van der Waals surface area (Å²) in [5.74, 6) is 1.11. The molecule has 0 aliphatic carbocycles. The fraction of sp³-hybridized carbons (Fsp3) is 0.300. The predicted octanol–water partition coefficient (Wildman–Crippen LogP) is 2.59. The molecule has 2 unspecified atom stereocenters. The molecule has 2 fully saturated rings. The van der Waals surface area contributed by atoms with Crippen LogP contribution in [0.2, 0.25) is 0 Å². The molecule has 6 rings (SSSR count). The quantitative estimate of drug-likeness (QED) is 0.480. The van der Waals surface area contributed by atoms with Crippen molar-refractivity contribution in [1.82, 2.24) is 25.3 Å². The summed E-state index contributed by atoms with van der Waals surface area (Å²) in [5.41, 5.74) is 3.17. The van der Waals surface area contributed by atoms with E-state index in [9.17, 15) is 9.90 Å². The highest BCUT2D eigenvalue weighted by Crippen LogP contribution is 2.34. The van der Waals surface area contributed by atoms with E-state index in [1.807, 2.05) is 18.2 Å². The predicted molar refractivity (Wildman–Crippen MR) is 112 cm³/mol. The van der Waals surface area contributed by atoms with E-state index in [1.165, 1.54) is 11.3 Å². The Hall–Kier alpha value is -3.04. The molecule has 0 bridgehead atoms. The van der Waals surface area contributed by atoms with Crippen molar-refractivity contribution in [3.8, 4) is 11.3 Å². The minimum Gasteiger partial charge on any atom is -0.477 e. The lowest BCUT2D eigenvalue weighted by Crippen LogP contribution is -2.27. The van der Waals surface area contributed by atoms with E-state index in [-0.39, 0.29) is 0 Å². The van der Waals surface area contributed by atoms with Gasteiger partial charge >= 0.3 is 5.97 Å². The first kappa shape index (κ1) is 16.9. The van der Waals surface area contributed by atoms with Gasteiger partial charge in [0.05, 0.1) is 6.33 Å². The molecule has 146 valence electrons. The summed E-state index contributed by atoms with van der Waals surface area (Å²) >= 11 is 1.28. The third kappa shape index (κ3) is 2.69. The summed E-state index contributed by atoms with van der Waals surface area (Å²) in [5, 5.41) is 13.7. The van der Waals surface area contributed by atoms with Crippen LogP contribution in [0.5, 0.6) is 0 Å². The molecule has 2 atom stereocenters. The minimum absolute atomic E-state index is 0.337. The number of fused-ring (bicyclic) bond motifs is 3. The maximum atomic E-state index is 11.3. The third-order valence-electron chi connectivity index (χ3n) is 5.95. The first-order chi connectivity index (χ1) is 14.2. The average molecular weight is 406 g/mol. The molecule has 3 aromatic heterocycles. The molecule has 2 saturated heterocycles. The summed E-state index contributed by atoms with van der Waals surface area (Å²) in [6.45, 7) is 4.02.